The Kier molecular flexibility index (Phi) is 4.90. The van der Waals surface area contributed by atoms with E-state index >= 15 is 0 Å². The molecule has 0 fully saturated rings. The molecule has 0 aliphatic rings. The van der Waals surface area contributed by atoms with Gasteiger partial charge in [0, 0.05) is 35.1 Å². The second-order valence-electron chi connectivity index (χ2n) is 7.09. The minimum Gasteiger partial charge on any atom is -0.365 e. The maximum atomic E-state index is 4.79. The standard InChI is InChI=1S/C19H24N6/c1-19(2,8-12-25(3)4)24-18-15-7-11-21-13-16(15)22-17(23-18)14-5-9-20-10-6-14/h5-7,9-11,13H,8,12H2,1-4H3,(H,22,23,24). The van der Waals surface area contributed by atoms with Gasteiger partial charge in [-0.15, -0.1) is 0 Å². The van der Waals surface area contributed by atoms with Crippen molar-refractivity contribution >= 4 is 16.7 Å². The van der Waals surface area contributed by atoms with E-state index in [1.165, 1.54) is 0 Å². The van der Waals surface area contributed by atoms with E-state index in [-0.39, 0.29) is 5.54 Å². The number of hydrogen-bond acceptors (Lipinski definition) is 6. The van der Waals surface area contributed by atoms with Gasteiger partial charge in [-0.25, -0.2) is 9.97 Å². The molecule has 3 rings (SSSR count). The number of hydrogen-bond donors (Lipinski definition) is 1. The first-order valence-electron chi connectivity index (χ1n) is 8.40. The Balaban J connectivity index is 2.01. The van der Waals surface area contributed by atoms with Gasteiger partial charge in [0.25, 0.3) is 0 Å². The third kappa shape index (κ3) is 4.28. The van der Waals surface area contributed by atoms with Crippen LogP contribution >= 0.6 is 0 Å². The summed E-state index contributed by atoms with van der Waals surface area (Å²) in [6, 6.07) is 5.78. The van der Waals surface area contributed by atoms with Crippen LogP contribution in [0, 0.1) is 0 Å². The average Bonchev–Trinajstić information content (AvgIpc) is 2.60. The van der Waals surface area contributed by atoms with E-state index in [1.54, 1.807) is 24.8 Å². The van der Waals surface area contributed by atoms with Gasteiger partial charge in [0.15, 0.2) is 5.82 Å². The molecule has 0 unspecified atom stereocenters. The minimum atomic E-state index is -0.0929. The Bertz CT molecular complexity index is 845. The molecule has 0 aromatic carbocycles. The van der Waals surface area contributed by atoms with Crippen LogP contribution in [0.1, 0.15) is 20.3 Å². The maximum Gasteiger partial charge on any atom is 0.162 e. The lowest BCUT2D eigenvalue weighted by atomic mass is 10.00. The van der Waals surface area contributed by atoms with E-state index in [9.17, 15) is 0 Å². The van der Waals surface area contributed by atoms with E-state index in [0.717, 1.165) is 35.2 Å². The number of pyridine rings is 2. The number of aromatic nitrogens is 4. The zero-order chi connectivity index (χ0) is 17.9. The molecule has 25 heavy (non-hydrogen) atoms. The van der Waals surface area contributed by atoms with Gasteiger partial charge >= 0.3 is 0 Å². The molecule has 0 aliphatic carbocycles. The molecule has 0 aliphatic heterocycles. The van der Waals surface area contributed by atoms with Crippen LogP contribution in [0.25, 0.3) is 22.3 Å². The van der Waals surface area contributed by atoms with Crippen molar-refractivity contribution in [2.45, 2.75) is 25.8 Å². The van der Waals surface area contributed by atoms with Gasteiger partial charge < -0.3 is 10.2 Å². The predicted octanol–water partition coefficient (Wildman–Crippen LogP) is 3.23. The minimum absolute atomic E-state index is 0.0929. The summed E-state index contributed by atoms with van der Waals surface area (Å²) in [5.41, 5.74) is 1.68. The number of fused-ring (bicyclic) bond motifs is 1. The van der Waals surface area contributed by atoms with Crippen molar-refractivity contribution < 1.29 is 0 Å². The van der Waals surface area contributed by atoms with Crippen molar-refractivity contribution in [2.24, 2.45) is 0 Å². The van der Waals surface area contributed by atoms with Gasteiger partial charge in [-0.3, -0.25) is 9.97 Å². The Morgan fingerprint density at radius 3 is 2.44 bits per heavy atom. The number of anilines is 1. The van der Waals surface area contributed by atoms with Gasteiger partial charge in [0.2, 0.25) is 0 Å². The van der Waals surface area contributed by atoms with Crippen molar-refractivity contribution in [3.8, 4) is 11.4 Å². The van der Waals surface area contributed by atoms with Gasteiger partial charge in [-0.2, -0.15) is 0 Å². The summed E-state index contributed by atoms with van der Waals surface area (Å²) in [6.07, 6.45) is 8.05. The van der Waals surface area contributed by atoms with Gasteiger partial charge in [0.05, 0.1) is 11.7 Å². The highest BCUT2D eigenvalue weighted by Crippen LogP contribution is 2.27. The van der Waals surface area contributed by atoms with Crippen molar-refractivity contribution in [3.05, 3.63) is 43.0 Å². The molecule has 0 radical (unpaired) electrons. The average molecular weight is 336 g/mol. The quantitative estimate of drug-likeness (QED) is 0.745. The highest BCUT2D eigenvalue weighted by molar-refractivity contribution is 5.90. The van der Waals surface area contributed by atoms with Crippen LogP contribution in [-0.2, 0) is 0 Å². The molecule has 0 saturated heterocycles. The van der Waals surface area contributed by atoms with Crippen LogP contribution in [0.15, 0.2) is 43.0 Å². The fraction of sp³-hybridized carbons (Fsp3) is 0.368. The highest BCUT2D eigenvalue weighted by atomic mass is 15.1. The molecular formula is C19H24N6. The van der Waals surface area contributed by atoms with E-state index in [2.05, 4.69) is 53.1 Å². The highest BCUT2D eigenvalue weighted by Gasteiger charge is 2.20. The number of rotatable bonds is 6. The zero-order valence-corrected chi connectivity index (χ0v) is 15.2. The van der Waals surface area contributed by atoms with Crippen molar-refractivity contribution in [3.63, 3.8) is 0 Å². The summed E-state index contributed by atoms with van der Waals surface area (Å²) in [4.78, 5) is 19.9. The third-order valence-electron chi connectivity index (χ3n) is 4.08. The Morgan fingerprint density at radius 2 is 1.72 bits per heavy atom. The molecule has 130 valence electrons. The molecule has 0 bridgehead atoms. The number of nitrogens with one attached hydrogen (secondary N) is 1. The normalized spacial score (nSPS) is 11.9. The predicted molar refractivity (Wildman–Crippen MR) is 101 cm³/mol. The first-order valence-corrected chi connectivity index (χ1v) is 8.40. The van der Waals surface area contributed by atoms with Crippen LogP contribution in [-0.4, -0.2) is 51.0 Å². The lowest BCUT2D eigenvalue weighted by Gasteiger charge is -2.29. The molecule has 0 amide bonds. The summed E-state index contributed by atoms with van der Waals surface area (Å²) >= 11 is 0. The van der Waals surface area contributed by atoms with E-state index in [4.69, 9.17) is 4.98 Å². The number of nitrogens with zero attached hydrogens (tertiary/aromatic N) is 5. The van der Waals surface area contributed by atoms with E-state index in [1.807, 2.05) is 18.2 Å². The van der Waals surface area contributed by atoms with E-state index < -0.39 is 0 Å². The van der Waals surface area contributed by atoms with Crippen LogP contribution in [0.5, 0.6) is 0 Å². The Morgan fingerprint density at radius 1 is 1.00 bits per heavy atom. The summed E-state index contributed by atoms with van der Waals surface area (Å²) in [7, 11) is 4.17. The molecule has 6 nitrogen and oxygen atoms in total. The smallest absolute Gasteiger partial charge is 0.162 e. The van der Waals surface area contributed by atoms with E-state index in [0.29, 0.717) is 5.82 Å². The fourth-order valence-corrected chi connectivity index (χ4v) is 2.59. The molecule has 1 N–H and O–H groups in total. The van der Waals surface area contributed by atoms with Gasteiger partial charge in [0.1, 0.15) is 5.82 Å². The zero-order valence-electron chi connectivity index (χ0n) is 15.2. The first-order chi connectivity index (χ1) is 11.9. The van der Waals surface area contributed by atoms with Crippen molar-refractivity contribution in [1.29, 1.82) is 0 Å². The molecule has 0 saturated carbocycles. The molecule has 3 heterocycles. The van der Waals surface area contributed by atoms with Crippen LogP contribution in [0.2, 0.25) is 0 Å². The summed E-state index contributed by atoms with van der Waals surface area (Å²) in [5.74, 6) is 1.51. The van der Waals surface area contributed by atoms with Crippen LogP contribution in [0.3, 0.4) is 0 Å². The topological polar surface area (TPSA) is 66.8 Å². The van der Waals surface area contributed by atoms with Crippen LogP contribution < -0.4 is 5.32 Å². The van der Waals surface area contributed by atoms with Gasteiger partial charge in [-0.1, -0.05) is 0 Å². The summed E-state index contributed by atoms with van der Waals surface area (Å²) in [6.45, 7) is 5.39. The fourth-order valence-electron chi connectivity index (χ4n) is 2.59. The lowest BCUT2D eigenvalue weighted by Crippen LogP contribution is -2.35. The summed E-state index contributed by atoms with van der Waals surface area (Å²) < 4.78 is 0. The molecule has 0 spiro atoms. The van der Waals surface area contributed by atoms with Crippen molar-refractivity contribution in [1.82, 2.24) is 24.8 Å². The molecule has 6 heteroatoms. The van der Waals surface area contributed by atoms with Crippen molar-refractivity contribution in [2.75, 3.05) is 26.0 Å². The second-order valence-corrected chi connectivity index (χ2v) is 7.09. The monoisotopic (exact) mass is 336 g/mol. The van der Waals surface area contributed by atoms with Gasteiger partial charge in [-0.05, 0) is 59.1 Å². The lowest BCUT2D eigenvalue weighted by molar-refractivity contribution is 0.356. The second kappa shape index (κ2) is 7.11. The Hall–Kier alpha value is -2.60. The first kappa shape index (κ1) is 17.2. The molecule has 3 aromatic heterocycles. The maximum absolute atomic E-state index is 4.79. The molecule has 3 aromatic rings. The SMILES string of the molecule is CN(C)CCC(C)(C)Nc1nc(-c2ccncc2)nc2cnccc12. The summed E-state index contributed by atoms with van der Waals surface area (Å²) in [5, 5.41) is 4.58. The molecule has 0 atom stereocenters. The Labute approximate surface area is 148 Å². The van der Waals surface area contributed by atoms with Crippen LogP contribution in [0.4, 0.5) is 5.82 Å². The third-order valence-corrected chi connectivity index (χ3v) is 4.08. The largest absolute Gasteiger partial charge is 0.365 e. The molecular weight excluding hydrogens is 312 g/mol.